The van der Waals surface area contributed by atoms with E-state index in [1.807, 2.05) is 44.2 Å². The van der Waals surface area contributed by atoms with E-state index in [9.17, 15) is 4.79 Å². The number of hydrogen-bond acceptors (Lipinski definition) is 4. The standard InChI is InChI=1S/C24H28N2O2/c1-15(2)28-21-12-8-5-9-16(21)23-22-19(13-24(3,4)14-20(22)27)25-17-10-6-7-11-18(17)26-23/h5-12,15,23,25-26H,13-14H2,1-4H3/t23-/m1/s1. The average molecular weight is 377 g/mol. The number of ether oxygens (including phenoxy) is 1. The van der Waals surface area contributed by atoms with E-state index in [2.05, 4.69) is 42.7 Å². The maximum absolute atomic E-state index is 13.3. The van der Waals surface area contributed by atoms with Gasteiger partial charge in [0.2, 0.25) is 0 Å². The van der Waals surface area contributed by atoms with Crippen molar-refractivity contribution in [1.29, 1.82) is 0 Å². The van der Waals surface area contributed by atoms with Gasteiger partial charge in [-0.1, -0.05) is 44.2 Å². The molecule has 4 nitrogen and oxygen atoms in total. The van der Waals surface area contributed by atoms with Crippen molar-refractivity contribution in [2.75, 3.05) is 10.6 Å². The molecule has 0 amide bonds. The molecule has 0 aromatic heterocycles. The van der Waals surface area contributed by atoms with E-state index in [1.54, 1.807) is 0 Å². The Morgan fingerprint density at radius 2 is 1.68 bits per heavy atom. The minimum atomic E-state index is -0.246. The fourth-order valence-corrected chi connectivity index (χ4v) is 4.20. The molecule has 0 fully saturated rings. The summed E-state index contributed by atoms with van der Waals surface area (Å²) >= 11 is 0. The zero-order chi connectivity index (χ0) is 19.9. The minimum Gasteiger partial charge on any atom is -0.491 e. The Balaban J connectivity index is 1.89. The lowest BCUT2D eigenvalue weighted by molar-refractivity contribution is -0.118. The van der Waals surface area contributed by atoms with Crippen molar-refractivity contribution in [3.63, 3.8) is 0 Å². The number of hydrogen-bond donors (Lipinski definition) is 2. The van der Waals surface area contributed by atoms with Gasteiger partial charge in [-0.3, -0.25) is 4.79 Å². The van der Waals surface area contributed by atoms with Crippen LogP contribution in [-0.2, 0) is 4.79 Å². The molecular formula is C24H28N2O2. The summed E-state index contributed by atoms with van der Waals surface area (Å²) in [6, 6.07) is 15.9. The number of benzene rings is 2. The van der Waals surface area contributed by atoms with E-state index in [1.165, 1.54) is 0 Å². The Hall–Kier alpha value is -2.75. The lowest BCUT2D eigenvalue weighted by Gasteiger charge is -2.34. The lowest BCUT2D eigenvalue weighted by atomic mass is 9.73. The average Bonchev–Trinajstić information content (AvgIpc) is 2.77. The Morgan fingerprint density at radius 3 is 2.43 bits per heavy atom. The highest BCUT2D eigenvalue weighted by Crippen LogP contribution is 2.46. The third-order valence-electron chi connectivity index (χ3n) is 5.31. The summed E-state index contributed by atoms with van der Waals surface area (Å²) in [5.74, 6) is 1.02. The maximum Gasteiger partial charge on any atom is 0.163 e. The predicted octanol–water partition coefficient (Wildman–Crippen LogP) is 5.70. The number of Topliss-reactive ketones (excluding diaryl/α,β-unsaturated/α-hetero) is 1. The second-order valence-electron chi connectivity index (χ2n) is 8.79. The molecule has 2 aromatic rings. The maximum atomic E-state index is 13.3. The van der Waals surface area contributed by atoms with Crippen LogP contribution in [0.15, 0.2) is 59.8 Å². The highest BCUT2D eigenvalue weighted by atomic mass is 16.5. The zero-order valence-electron chi connectivity index (χ0n) is 17.0. The first-order valence-corrected chi connectivity index (χ1v) is 9.98. The van der Waals surface area contributed by atoms with E-state index in [-0.39, 0.29) is 23.3 Å². The van der Waals surface area contributed by atoms with Crippen LogP contribution < -0.4 is 15.4 Å². The second-order valence-corrected chi connectivity index (χ2v) is 8.79. The highest BCUT2D eigenvalue weighted by molar-refractivity contribution is 6.01. The fourth-order valence-electron chi connectivity index (χ4n) is 4.20. The molecule has 4 rings (SSSR count). The molecular weight excluding hydrogens is 348 g/mol. The third kappa shape index (κ3) is 3.51. The number of fused-ring (bicyclic) bond motifs is 1. The predicted molar refractivity (Wildman–Crippen MR) is 114 cm³/mol. The SMILES string of the molecule is CC(C)Oc1ccccc1[C@H]1Nc2ccccc2NC2=C1C(=O)CC(C)(C)C2. The van der Waals surface area contributed by atoms with Crippen LogP contribution in [-0.4, -0.2) is 11.9 Å². The van der Waals surface area contributed by atoms with Gasteiger partial charge in [0.05, 0.1) is 23.5 Å². The van der Waals surface area contributed by atoms with Gasteiger partial charge >= 0.3 is 0 Å². The van der Waals surface area contributed by atoms with Crippen molar-refractivity contribution in [3.8, 4) is 5.75 Å². The summed E-state index contributed by atoms with van der Waals surface area (Å²) in [5, 5.41) is 7.19. The Labute approximate surface area is 167 Å². The number of carbonyl (C=O) groups excluding carboxylic acids is 1. The number of allylic oxidation sites excluding steroid dienone is 1. The van der Waals surface area contributed by atoms with Gasteiger partial charge in [0.15, 0.2) is 5.78 Å². The molecule has 1 aliphatic carbocycles. The summed E-state index contributed by atoms with van der Waals surface area (Å²) in [5.41, 5.74) is 4.78. The van der Waals surface area contributed by atoms with Gasteiger partial charge in [0.25, 0.3) is 0 Å². The Bertz CT molecular complexity index is 943. The first kappa shape index (κ1) is 18.6. The molecule has 0 spiro atoms. The van der Waals surface area contributed by atoms with Crippen LogP contribution in [0, 0.1) is 5.41 Å². The summed E-state index contributed by atoms with van der Waals surface area (Å²) in [6.45, 7) is 8.36. The van der Waals surface area contributed by atoms with Crippen LogP contribution in [0.2, 0.25) is 0 Å². The van der Waals surface area contributed by atoms with E-state index in [4.69, 9.17) is 4.74 Å². The number of para-hydroxylation sites is 3. The van der Waals surface area contributed by atoms with Crippen LogP contribution >= 0.6 is 0 Å². The molecule has 2 aromatic carbocycles. The Morgan fingerprint density at radius 1 is 1.00 bits per heavy atom. The number of nitrogens with one attached hydrogen (secondary N) is 2. The van der Waals surface area contributed by atoms with Gasteiger partial charge < -0.3 is 15.4 Å². The topological polar surface area (TPSA) is 50.4 Å². The summed E-state index contributed by atoms with van der Waals surface area (Å²) in [7, 11) is 0. The molecule has 1 aliphatic heterocycles. The monoisotopic (exact) mass is 376 g/mol. The number of ketones is 1. The second kappa shape index (κ2) is 7.01. The van der Waals surface area contributed by atoms with Crippen LogP contribution in [0.4, 0.5) is 11.4 Å². The van der Waals surface area contributed by atoms with Crippen molar-refractivity contribution in [2.45, 2.75) is 52.7 Å². The molecule has 1 heterocycles. The quantitative estimate of drug-likeness (QED) is 0.722. The van der Waals surface area contributed by atoms with Crippen LogP contribution in [0.3, 0.4) is 0 Å². The van der Waals surface area contributed by atoms with Crippen molar-refractivity contribution in [2.24, 2.45) is 5.41 Å². The van der Waals surface area contributed by atoms with Crippen molar-refractivity contribution in [3.05, 3.63) is 65.4 Å². The molecule has 0 radical (unpaired) electrons. The normalized spacial score (nSPS) is 20.6. The zero-order valence-corrected chi connectivity index (χ0v) is 17.0. The summed E-state index contributed by atoms with van der Waals surface area (Å²) < 4.78 is 6.09. The molecule has 0 unspecified atom stereocenters. The van der Waals surface area contributed by atoms with E-state index in [0.717, 1.165) is 40.4 Å². The van der Waals surface area contributed by atoms with Gasteiger partial charge in [-0.25, -0.2) is 0 Å². The van der Waals surface area contributed by atoms with E-state index in [0.29, 0.717) is 6.42 Å². The van der Waals surface area contributed by atoms with Gasteiger partial charge in [-0.2, -0.15) is 0 Å². The minimum absolute atomic E-state index is 0.0549. The highest BCUT2D eigenvalue weighted by Gasteiger charge is 2.39. The summed E-state index contributed by atoms with van der Waals surface area (Å²) in [6.07, 6.45) is 1.45. The van der Waals surface area contributed by atoms with Crippen molar-refractivity contribution < 1.29 is 9.53 Å². The molecule has 28 heavy (non-hydrogen) atoms. The molecule has 2 aliphatic rings. The summed E-state index contributed by atoms with van der Waals surface area (Å²) in [4.78, 5) is 13.3. The smallest absolute Gasteiger partial charge is 0.163 e. The van der Waals surface area contributed by atoms with Gasteiger partial charge in [0.1, 0.15) is 5.75 Å². The molecule has 0 bridgehead atoms. The molecule has 0 saturated heterocycles. The Kier molecular flexibility index (Phi) is 4.66. The number of anilines is 2. The molecule has 2 N–H and O–H groups in total. The first-order chi connectivity index (χ1) is 13.3. The fraction of sp³-hybridized carbons (Fsp3) is 0.375. The van der Waals surface area contributed by atoms with Crippen LogP contribution in [0.5, 0.6) is 5.75 Å². The number of carbonyl (C=O) groups is 1. The van der Waals surface area contributed by atoms with E-state index < -0.39 is 0 Å². The molecule has 146 valence electrons. The van der Waals surface area contributed by atoms with Crippen molar-refractivity contribution >= 4 is 17.2 Å². The third-order valence-corrected chi connectivity index (χ3v) is 5.31. The largest absolute Gasteiger partial charge is 0.491 e. The molecule has 4 heteroatoms. The van der Waals surface area contributed by atoms with E-state index >= 15 is 0 Å². The van der Waals surface area contributed by atoms with Crippen LogP contribution in [0.1, 0.15) is 52.1 Å². The lowest BCUT2D eigenvalue weighted by Crippen LogP contribution is -2.31. The van der Waals surface area contributed by atoms with Crippen LogP contribution in [0.25, 0.3) is 0 Å². The van der Waals surface area contributed by atoms with Gasteiger partial charge in [-0.05, 0) is 43.9 Å². The van der Waals surface area contributed by atoms with Gasteiger partial charge in [0, 0.05) is 23.3 Å². The van der Waals surface area contributed by atoms with Gasteiger partial charge in [-0.15, -0.1) is 0 Å². The molecule has 0 saturated carbocycles. The first-order valence-electron chi connectivity index (χ1n) is 9.98. The molecule has 1 atom stereocenters. The van der Waals surface area contributed by atoms with Crippen molar-refractivity contribution in [1.82, 2.24) is 0 Å². The number of rotatable bonds is 3.